The summed E-state index contributed by atoms with van der Waals surface area (Å²) < 4.78 is 6.21. The van der Waals surface area contributed by atoms with Crippen LogP contribution in [0.15, 0.2) is 36.5 Å². The third-order valence-electron chi connectivity index (χ3n) is 5.80. The zero-order valence-corrected chi connectivity index (χ0v) is 15.1. The van der Waals surface area contributed by atoms with Gasteiger partial charge in [-0.25, -0.2) is 4.89 Å². The summed E-state index contributed by atoms with van der Waals surface area (Å²) in [5.41, 5.74) is 2.40. The summed E-state index contributed by atoms with van der Waals surface area (Å²) in [4.78, 5) is 4.65. The van der Waals surface area contributed by atoms with Gasteiger partial charge in [-0.15, -0.1) is 0 Å². The van der Waals surface area contributed by atoms with E-state index >= 15 is 0 Å². The van der Waals surface area contributed by atoms with E-state index < -0.39 is 11.7 Å². The lowest BCUT2D eigenvalue weighted by Crippen LogP contribution is -2.41. The predicted octanol–water partition coefficient (Wildman–Crippen LogP) is 4.41. The van der Waals surface area contributed by atoms with Crippen LogP contribution in [0.5, 0.6) is 0 Å². The minimum Gasteiger partial charge on any atom is -0.390 e. The van der Waals surface area contributed by atoms with Gasteiger partial charge in [0.1, 0.15) is 6.10 Å². The maximum absolute atomic E-state index is 10.8. The van der Waals surface area contributed by atoms with Crippen LogP contribution in [0.1, 0.15) is 58.8 Å². The maximum Gasteiger partial charge on any atom is 0.114 e. The summed E-state index contributed by atoms with van der Waals surface area (Å²) in [6, 6.07) is 0. The first kappa shape index (κ1) is 19.4. The smallest absolute Gasteiger partial charge is 0.114 e. The van der Waals surface area contributed by atoms with Gasteiger partial charge < -0.3 is 9.84 Å². The molecule has 0 radical (unpaired) electrons. The molecular weight excluding hydrogens is 304 g/mol. The number of ether oxygens (including phenoxy) is 1. The van der Waals surface area contributed by atoms with Crippen molar-refractivity contribution in [2.45, 2.75) is 82.7 Å². The van der Waals surface area contributed by atoms with E-state index in [1.165, 1.54) is 0 Å². The van der Waals surface area contributed by atoms with Gasteiger partial charge in [0.05, 0.1) is 17.8 Å². The summed E-state index contributed by atoms with van der Waals surface area (Å²) in [5.74, 6) is 0.194. The summed E-state index contributed by atoms with van der Waals surface area (Å²) >= 11 is 0. The van der Waals surface area contributed by atoms with Gasteiger partial charge in [0.2, 0.25) is 0 Å². The van der Waals surface area contributed by atoms with Crippen LogP contribution in [-0.4, -0.2) is 34.3 Å². The quantitative estimate of drug-likeness (QED) is 0.445. The zero-order valence-electron chi connectivity index (χ0n) is 15.1. The molecule has 0 saturated carbocycles. The van der Waals surface area contributed by atoms with Gasteiger partial charge in [-0.2, -0.15) is 0 Å². The molecule has 0 aliphatic carbocycles. The molecule has 0 aromatic carbocycles. The molecule has 2 N–H and O–H groups in total. The minimum absolute atomic E-state index is 0.0405. The molecule has 0 aromatic rings. The third-order valence-corrected chi connectivity index (χ3v) is 5.80. The second-order valence-electron chi connectivity index (χ2n) is 7.74. The fraction of sp³-hybridized carbons (Fsp3) is 0.700. The SMILES string of the molecule is C=C(C)C1CCC(=C)C(OO)CCC(=C)C2CCC(C)(O2)C(O)C1. The van der Waals surface area contributed by atoms with E-state index in [1.54, 1.807) is 0 Å². The molecule has 2 rings (SSSR count). The van der Waals surface area contributed by atoms with Crippen molar-refractivity contribution < 1.29 is 20.0 Å². The maximum atomic E-state index is 10.8. The van der Waals surface area contributed by atoms with E-state index in [2.05, 4.69) is 24.6 Å². The molecule has 2 bridgehead atoms. The van der Waals surface area contributed by atoms with E-state index in [-0.39, 0.29) is 18.1 Å². The standard InChI is InChI=1S/C20H32O4/c1-13(2)16-8-6-15(4)18(24-22)9-7-14(3)17-10-11-20(5,23-17)19(21)12-16/h16-19,21-22H,1,3-4,6-12H2,2,5H3. The van der Waals surface area contributed by atoms with Gasteiger partial charge >= 0.3 is 0 Å². The van der Waals surface area contributed by atoms with Crippen LogP contribution >= 0.6 is 0 Å². The first-order valence-electron chi connectivity index (χ1n) is 8.93. The summed E-state index contributed by atoms with van der Waals surface area (Å²) in [6.07, 6.45) is 4.31. The van der Waals surface area contributed by atoms with Crippen LogP contribution in [0.2, 0.25) is 0 Å². The fourth-order valence-electron chi connectivity index (χ4n) is 3.81. The normalized spacial score (nSPS) is 39.0. The number of hydrogen-bond donors (Lipinski definition) is 2. The van der Waals surface area contributed by atoms with Crippen molar-refractivity contribution in [1.82, 2.24) is 0 Å². The molecule has 5 unspecified atom stereocenters. The minimum atomic E-state index is -0.532. The van der Waals surface area contributed by atoms with Gasteiger partial charge in [-0.3, -0.25) is 5.26 Å². The Bertz CT molecular complexity index is 498. The van der Waals surface area contributed by atoms with E-state index in [0.29, 0.717) is 19.3 Å². The third kappa shape index (κ3) is 4.37. The molecule has 4 nitrogen and oxygen atoms in total. The highest BCUT2D eigenvalue weighted by atomic mass is 17.1. The van der Waals surface area contributed by atoms with Crippen molar-refractivity contribution in [2.75, 3.05) is 0 Å². The number of fused-ring (bicyclic) bond motifs is 2. The molecular formula is C20H32O4. The second kappa shape index (κ2) is 7.96. The number of aliphatic hydroxyl groups excluding tert-OH is 1. The van der Waals surface area contributed by atoms with Crippen molar-refractivity contribution in [2.24, 2.45) is 5.92 Å². The highest BCUT2D eigenvalue weighted by Gasteiger charge is 2.43. The Morgan fingerprint density at radius 3 is 2.50 bits per heavy atom. The van der Waals surface area contributed by atoms with Gasteiger partial charge in [0, 0.05) is 0 Å². The first-order valence-corrected chi connectivity index (χ1v) is 8.93. The summed E-state index contributed by atoms with van der Waals surface area (Å²) in [5, 5.41) is 20.0. The Morgan fingerprint density at radius 1 is 1.21 bits per heavy atom. The first-order chi connectivity index (χ1) is 11.3. The van der Waals surface area contributed by atoms with Crippen molar-refractivity contribution in [1.29, 1.82) is 0 Å². The predicted molar refractivity (Wildman–Crippen MR) is 95.7 cm³/mol. The number of hydrogen-bond acceptors (Lipinski definition) is 4. The molecule has 0 amide bonds. The number of allylic oxidation sites excluding steroid dienone is 1. The molecule has 0 spiro atoms. The lowest BCUT2D eigenvalue weighted by molar-refractivity contribution is -0.270. The molecule has 2 aliphatic rings. The van der Waals surface area contributed by atoms with E-state index in [4.69, 9.17) is 4.74 Å². The zero-order chi connectivity index (χ0) is 17.9. The molecule has 2 saturated heterocycles. The Labute approximate surface area is 145 Å². The number of rotatable bonds is 2. The fourth-order valence-corrected chi connectivity index (χ4v) is 3.81. The molecule has 4 heteroatoms. The Morgan fingerprint density at radius 2 is 1.88 bits per heavy atom. The van der Waals surface area contributed by atoms with Crippen molar-refractivity contribution in [3.05, 3.63) is 36.5 Å². The average Bonchev–Trinajstić information content (AvgIpc) is 2.94. The second-order valence-corrected chi connectivity index (χ2v) is 7.74. The largest absolute Gasteiger partial charge is 0.390 e. The monoisotopic (exact) mass is 336 g/mol. The lowest BCUT2D eigenvalue weighted by Gasteiger charge is -2.33. The lowest BCUT2D eigenvalue weighted by atomic mass is 9.82. The highest BCUT2D eigenvalue weighted by molar-refractivity contribution is 5.12. The van der Waals surface area contributed by atoms with Crippen LogP contribution in [0, 0.1) is 5.92 Å². The Kier molecular flexibility index (Phi) is 6.43. The molecule has 2 heterocycles. The molecule has 24 heavy (non-hydrogen) atoms. The van der Waals surface area contributed by atoms with Gasteiger partial charge in [0.25, 0.3) is 0 Å². The van der Waals surface area contributed by atoms with E-state index in [1.807, 2.05) is 13.8 Å². The van der Waals surface area contributed by atoms with Crippen molar-refractivity contribution in [3.63, 3.8) is 0 Å². The van der Waals surface area contributed by atoms with Crippen molar-refractivity contribution >= 4 is 0 Å². The molecule has 5 atom stereocenters. The molecule has 2 aliphatic heterocycles. The summed E-state index contributed by atoms with van der Waals surface area (Å²) in [7, 11) is 0. The van der Waals surface area contributed by atoms with Crippen molar-refractivity contribution in [3.8, 4) is 0 Å². The average molecular weight is 336 g/mol. The molecule has 136 valence electrons. The van der Waals surface area contributed by atoms with Crippen LogP contribution in [-0.2, 0) is 9.62 Å². The van der Waals surface area contributed by atoms with Gasteiger partial charge in [-0.1, -0.05) is 25.3 Å². The van der Waals surface area contributed by atoms with E-state index in [9.17, 15) is 10.4 Å². The van der Waals surface area contributed by atoms with Crippen LogP contribution in [0.4, 0.5) is 0 Å². The van der Waals surface area contributed by atoms with Gasteiger partial charge in [0.15, 0.2) is 0 Å². The molecule has 2 fully saturated rings. The van der Waals surface area contributed by atoms with Crippen LogP contribution < -0.4 is 0 Å². The summed E-state index contributed by atoms with van der Waals surface area (Å²) in [6.45, 7) is 16.3. The van der Waals surface area contributed by atoms with Gasteiger partial charge in [-0.05, 0) is 75.9 Å². The van der Waals surface area contributed by atoms with Crippen LogP contribution in [0.3, 0.4) is 0 Å². The Balaban J connectivity index is 2.22. The van der Waals surface area contributed by atoms with Crippen LogP contribution in [0.25, 0.3) is 0 Å². The number of aliphatic hydroxyl groups is 1. The Hall–Kier alpha value is -0.940. The van der Waals surface area contributed by atoms with E-state index in [0.717, 1.165) is 42.4 Å². The molecule has 0 aromatic heterocycles. The topological polar surface area (TPSA) is 58.9 Å². The highest BCUT2D eigenvalue weighted by Crippen LogP contribution is 2.40.